The molecule has 2 aromatic rings. The minimum absolute atomic E-state index is 0.0777. The van der Waals surface area contributed by atoms with E-state index in [0.29, 0.717) is 17.1 Å². The first-order valence-corrected chi connectivity index (χ1v) is 5.59. The van der Waals surface area contributed by atoms with Gasteiger partial charge in [-0.2, -0.15) is 0 Å². The minimum Gasteiger partial charge on any atom is -0.458 e. The van der Waals surface area contributed by atoms with E-state index >= 15 is 0 Å². The lowest BCUT2D eigenvalue weighted by atomic mass is 10.1. The molecule has 5 nitrogen and oxygen atoms in total. The van der Waals surface area contributed by atoms with E-state index in [1.165, 1.54) is 18.2 Å². The first-order chi connectivity index (χ1) is 8.49. The Morgan fingerprint density at radius 1 is 1.39 bits per heavy atom. The highest BCUT2D eigenvalue weighted by Gasteiger charge is 2.14. The second-order valence-electron chi connectivity index (χ2n) is 3.80. The van der Waals surface area contributed by atoms with Gasteiger partial charge in [0, 0.05) is 17.7 Å². The van der Waals surface area contributed by atoms with Crippen molar-refractivity contribution < 1.29 is 14.4 Å². The van der Waals surface area contributed by atoms with E-state index < -0.39 is 11.0 Å². The Morgan fingerprint density at radius 3 is 2.61 bits per heavy atom. The van der Waals surface area contributed by atoms with Crippen molar-refractivity contribution in [3.05, 3.63) is 51.2 Å². The van der Waals surface area contributed by atoms with Crippen LogP contribution in [0.3, 0.4) is 0 Å². The van der Waals surface area contributed by atoms with Crippen LogP contribution in [0, 0.1) is 10.1 Å². The molecule has 0 amide bonds. The fourth-order valence-corrected chi connectivity index (χ4v) is 1.81. The molecule has 0 bridgehead atoms. The lowest BCUT2D eigenvalue weighted by molar-refractivity contribution is -0.384. The highest BCUT2D eigenvalue weighted by Crippen LogP contribution is 2.33. The Hall–Kier alpha value is -1.85. The Bertz CT molecular complexity index is 592. The first-order valence-electron chi connectivity index (χ1n) is 5.21. The van der Waals surface area contributed by atoms with Gasteiger partial charge in [-0.05, 0) is 25.1 Å². The second kappa shape index (κ2) is 4.80. The number of hydrogen-bond acceptors (Lipinski definition) is 4. The van der Waals surface area contributed by atoms with Gasteiger partial charge in [0.25, 0.3) is 5.69 Å². The highest BCUT2D eigenvalue weighted by molar-refractivity contribution is 6.33. The SMILES string of the molecule is CC(O)c1ccc(-c2ccc([N+](=O)[O-])cc2Cl)o1. The van der Waals surface area contributed by atoms with Crippen molar-refractivity contribution in [1.29, 1.82) is 0 Å². The van der Waals surface area contributed by atoms with Crippen molar-refractivity contribution in [2.75, 3.05) is 0 Å². The van der Waals surface area contributed by atoms with Gasteiger partial charge in [-0.25, -0.2) is 0 Å². The third kappa shape index (κ3) is 2.37. The van der Waals surface area contributed by atoms with E-state index in [-0.39, 0.29) is 10.7 Å². The average molecular weight is 268 g/mol. The van der Waals surface area contributed by atoms with E-state index in [1.807, 2.05) is 0 Å². The van der Waals surface area contributed by atoms with Gasteiger partial charge in [0.15, 0.2) is 0 Å². The van der Waals surface area contributed by atoms with Gasteiger partial charge in [-0.15, -0.1) is 0 Å². The van der Waals surface area contributed by atoms with Crippen LogP contribution in [-0.4, -0.2) is 10.0 Å². The zero-order valence-corrected chi connectivity index (χ0v) is 10.2. The molecular weight excluding hydrogens is 258 g/mol. The molecule has 0 saturated carbocycles. The predicted octanol–water partition coefficient (Wildman–Crippen LogP) is 3.56. The molecule has 2 rings (SSSR count). The summed E-state index contributed by atoms with van der Waals surface area (Å²) in [6, 6.07) is 7.44. The Morgan fingerprint density at radius 2 is 2.11 bits per heavy atom. The van der Waals surface area contributed by atoms with Gasteiger partial charge in [0.05, 0.1) is 9.95 Å². The number of furan rings is 1. The monoisotopic (exact) mass is 267 g/mol. The molecule has 94 valence electrons. The van der Waals surface area contributed by atoms with Gasteiger partial charge >= 0.3 is 0 Å². The molecule has 1 unspecified atom stereocenters. The highest BCUT2D eigenvalue weighted by atomic mass is 35.5. The predicted molar refractivity (Wildman–Crippen MR) is 66.4 cm³/mol. The zero-order valence-electron chi connectivity index (χ0n) is 9.46. The normalized spacial score (nSPS) is 12.4. The molecule has 1 N–H and O–H groups in total. The van der Waals surface area contributed by atoms with E-state index in [9.17, 15) is 15.2 Å². The molecule has 0 spiro atoms. The number of nitro benzene ring substituents is 1. The molecule has 0 aliphatic rings. The third-order valence-electron chi connectivity index (χ3n) is 2.47. The lowest BCUT2D eigenvalue weighted by Gasteiger charge is -2.02. The maximum absolute atomic E-state index is 10.6. The molecular formula is C12H10ClNO4. The number of rotatable bonds is 3. The number of nitrogens with zero attached hydrogens (tertiary/aromatic N) is 1. The van der Waals surface area contributed by atoms with Crippen molar-refractivity contribution in [1.82, 2.24) is 0 Å². The Kier molecular flexibility index (Phi) is 3.36. The molecule has 1 aromatic heterocycles. The summed E-state index contributed by atoms with van der Waals surface area (Å²) in [7, 11) is 0. The van der Waals surface area contributed by atoms with Crippen LogP contribution >= 0.6 is 11.6 Å². The van der Waals surface area contributed by atoms with Crippen LogP contribution in [0.4, 0.5) is 5.69 Å². The summed E-state index contributed by atoms with van der Waals surface area (Å²) in [6.07, 6.45) is -0.712. The van der Waals surface area contributed by atoms with Crippen LogP contribution in [0.15, 0.2) is 34.7 Å². The summed E-state index contributed by atoms with van der Waals surface area (Å²) < 4.78 is 5.41. The van der Waals surface area contributed by atoms with E-state index in [1.54, 1.807) is 19.1 Å². The average Bonchev–Trinajstić information content (AvgIpc) is 2.78. The topological polar surface area (TPSA) is 76.5 Å². The van der Waals surface area contributed by atoms with Crippen molar-refractivity contribution in [3.8, 4) is 11.3 Å². The van der Waals surface area contributed by atoms with Gasteiger partial charge in [-0.1, -0.05) is 11.6 Å². The van der Waals surface area contributed by atoms with Crippen molar-refractivity contribution in [2.45, 2.75) is 13.0 Å². The smallest absolute Gasteiger partial charge is 0.270 e. The van der Waals surface area contributed by atoms with Gasteiger partial charge in [0.1, 0.15) is 17.6 Å². The van der Waals surface area contributed by atoms with Crippen LogP contribution < -0.4 is 0 Å². The van der Waals surface area contributed by atoms with Crippen LogP contribution in [-0.2, 0) is 0 Å². The number of hydrogen-bond donors (Lipinski definition) is 1. The molecule has 1 heterocycles. The van der Waals surface area contributed by atoms with Crippen LogP contribution in [0.5, 0.6) is 0 Å². The number of non-ortho nitro benzene ring substituents is 1. The number of aliphatic hydroxyl groups excluding tert-OH is 1. The molecule has 0 fully saturated rings. The molecule has 0 saturated heterocycles. The molecule has 1 atom stereocenters. The fourth-order valence-electron chi connectivity index (χ4n) is 1.54. The number of nitro groups is 1. The fraction of sp³-hybridized carbons (Fsp3) is 0.167. The maximum Gasteiger partial charge on any atom is 0.270 e. The van der Waals surface area contributed by atoms with Crippen molar-refractivity contribution in [2.24, 2.45) is 0 Å². The largest absolute Gasteiger partial charge is 0.458 e. The molecule has 0 radical (unpaired) electrons. The summed E-state index contributed by atoms with van der Waals surface area (Å²) >= 11 is 5.97. The van der Waals surface area contributed by atoms with E-state index in [2.05, 4.69) is 0 Å². The van der Waals surface area contributed by atoms with E-state index in [0.717, 1.165) is 0 Å². The zero-order chi connectivity index (χ0) is 13.3. The number of benzene rings is 1. The number of halogens is 1. The summed E-state index contributed by atoms with van der Waals surface area (Å²) in [4.78, 5) is 10.1. The van der Waals surface area contributed by atoms with Crippen molar-refractivity contribution in [3.63, 3.8) is 0 Å². The van der Waals surface area contributed by atoms with Gasteiger partial charge in [-0.3, -0.25) is 10.1 Å². The quantitative estimate of drug-likeness (QED) is 0.681. The molecule has 1 aromatic carbocycles. The van der Waals surface area contributed by atoms with Crippen LogP contribution in [0.1, 0.15) is 18.8 Å². The molecule has 18 heavy (non-hydrogen) atoms. The van der Waals surface area contributed by atoms with Crippen LogP contribution in [0.25, 0.3) is 11.3 Å². The molecule has 0 aliphatic carbocycles. The van der Waals surface area contributed by atoms with Gasteiger partial charge < -0.3 is 9.52 Å². The summed E-state index contributed by atoms with van der Waals surface area (Å²) in [5, 5.41) is 20.2. The van der Waals surface area contributed by atoms with Crippen molar-refractivity contribution >= 4 is 17.3 Å². The van der Waals surface area contributed by atoms with Crippen LogP contribution in [0.2, 0.25) is 5.02 Å². The summed E-state index contributed by atoms with van der Waals surface area (Å²) in [5.74, 6) is 0.880. The Labute approximate surface area is 108 Å². The molecule has 6 heteroatoms. The second-order valence-corrected chi connectivity index (χ2v) is 4.21. The van der Waals surface area contributed by atoms with Gasteiger partial charge in [0.2, 0.25) is 0 Å². The summed E-state index contributed by atoms with van der Waals surface area (Å²) in [6.45, 7) is 1.58. The maximum atomic E-state index is 10.6. The van der Waals surface area contributed by atoms with E-state index in [4.69, 9.17) is 16.0 Å². The minimum atomic E-state index is -0.712. The summed E-state index contributed by atoms with van der Waals surface area (Å²) in [5.41, 5.74) is 0.472. The standard InChI is InChI=1S/C12H10ClNO4/c1-7(15)11-4-5-12(18-11)9-3-2-8(14(16)17)6-10(9)13/h2-7,15H,1H3. The third-order valence-corrected chi connectivity index (χ3v) is 2.78. The lowest BCUT2D eigenvalue weighted by Crippen LogP contribution is -1.88. The first kappa shape index (κ1) is 12.6. The molecule has 0 aliphatic heterocycles. The Balaban J connectivity index is 2.41. The number of aliphatic hydroxyl groups is 1.